The van der Waals surface area contributed by atoms with E-state index in [0.29, 0.717) is 0 Å². The summed E-state index contributed by atoms with van der Waals surface area (Å²) in [4.78, 5) is 4.75. The quantitative estimate of drug-likeness (QED) is 0.801. The molecule has 1 aliphatic heterocycles. The van der Waals surface area contributed by atoms with Crippen molar-refractivity contribution in [3.8, 4) is 0 Å². The summed E-state index contributed by atoms with van der Waals surface area (Å²) in [5.74, 6) is 2.90. The standard InChI is InChI=1S/C13H24N2S/c1-10-5-4-6-11(7-10)8-14-12-15-13(2,3)9-16-12/h10-11H,4-9H2,1-3H3,(H,14,15). The van der Waals surface area contributed by atoms with Crippen molar-refractivity contribution in [2.75, 3.05) is 12.3 Å². The predicted octanol–water partition coefficient (Wildman–Crippen LogP) is 3.28. The number of thioether (sulfide) groups is 1. The summed E-state index contributed by atoms with van der Waals surface area (Å²) >= 11 is 1.88. The first kappa shape index (κ1) is 12.3. The molecule has 1 saturated heterocycles. The van der Waals surface area contributed by atoms with E-state index in [1.807, 2.05) is 11.8 Å². The molecule has 2 nitrogen and oxygen atoms in total. The van der Waals surface area contributed by atoms with Crippen LogP contribution in [0.1, 0.15) is 46.5 Å². The summed E-state index contributed by atoms with van der Waals surface area (Å²) < 4.78 is 0. The Hall–Kier alpha value is -0.180. The smallest absolute Gasteiger partial charge is 0.157 e. The second-order valence-corrected chi connectivity index (χ2v) is 7.05. The molecule has 0 spiro atoms. The van der Waals surface area contributed by atoms with Crippen LogP contribution in [0.25, 0.3) is 0 Å². The van der Waals surface area contributed by atoms with Gasteiger partial charge in [0, 0.05) is 17.8 Å². The van der Waals surface area contributed by atoms with Gasteiger partial charge in [-0.05, 0) is 38.5 Å². The zero-order valence-electron chi connectivity index (χ0n) is 10.8. The number of rotatable bonds is 2. The van der Waals surface area contributed by atoms with Crippen molar-refractivity contribution in [3.05, 3.63) is 0 Å². The molecule has 2 rings (SSSR count). The summed E-state index contributed by atoms with van der Waals surface area (Å²) in [7, 11) is 0. The minimum absolute atomic E-state index is 0.239. The Labute approximate surface area is 104 Å². The van der Waals surface area contributed by atoms with Gasteiger partial charge < -0.3 is 5.32 Å². The molecule has 0 radical (unpaired) electrons. The van der Waals surface area contributed by atoms with Crippen LogP contribution in [0.2, 0.25) is 0 Å². The normalized spacial score (nSPS) is 36.3. The Morgan fingerprint density at radius 1 is 1.44 bits per heavy atom. The van der Waals surface area contributed by atoms with Crippen LogP contribution in [0, 0.1) is 11.8 Å². The first-order valence-electron chi connectivity index (χ1n) is 6.50. The van der Waals surface area contributed by atoms with E-state index in [1.54, 1.807) is 0 Å². The lowest BCUT2D eigenvalue weighted by Gasteiger charge is -2.25. The van der Waals surface area contributed by atoms with Gasteiger partial charge in [0.05, 0.1) is 0 Å². The Kier molecular flexibility index (Phi) is 3.83. The maximum Gasteiger partial charge on any atom is 0.157 e. The van der Waals surface area contributed by atoms with E-state index in [0.717, 1.165) is 24.1 Å². The third-order valence-electron chi connectivity index (χ3n) is 3.55. The van der Waals surface area contributed by atoms with Crippen molar-refractivity contribution >= 4 is 16.9 Å². The van der Waals surface area contributed by atoms with Gasteiger partial charge in [0.1, 0.15) is 0 Å². The lowest BCUT2D eigenvalue weighted by molar-refractivity contribution is 0.289. The number of nitrogens with one attached hydrogen (secondary N) is 1. The number of hydrogen-bond acceptors (Lipinski definition) is 2. The zero-order valence-corrected chi connectivity index (χ0v) is 11.6. The van der Waals surface area contributed by atoms with Crippen LogP contribution < -0.4 is 5.32 Å². The SMILES string of the molecule is CC1CCCC(CN=C2NC(C)(C)CS2)C1. The largest absolute Gasteiger partial charge is 0.359 e. The Balaban J connectivity index is 1.80. The molecule has 1 aliphatic carbocycles. The summed E-state index contributed by atoms with van der Waals surface area (Å²) in [6.07, 6.45) is 5.59. The Morgan fingerprint density at radius 3 is 2.88 bits per heavy atom. The highest BCUT2D eigenvalue weighted by Gasteiger charge is 2.27. The second-order valence-electron chi connectivity index (χ2n) is 6.08. The molecule has 2 unspecified atom stereocenters. The molecular weight excluding hydrogens is 216 g/mol. The van der Waals surface area contributed by atoms with E-state index in [1.165, 1.54) is 30.9 Å². The third kappa shape index (κ3) is 3.41. The minimum Gasteiger partial charge on any atom is -0.359 e. The summed E-state index contributed by atoms with van der Waals surface area (Å²) in [5.41, 5.74) is 0.239. The molecule has 0 amide bonds. The van der Waals surface area contributed by atoms with Crippen LogP contribution in [0.15, 0.2) is 4.99 Å². The van der Waals surface area contributed by atoms with Crippen LogP contribution in [-0.2, 0) is 0 Å². The molecule has 3 heteroatoms. The molecule has 92 valence electrons. The monoisotopic (exact) mass is 240 g/mol. The maximum atomic E-state index is 4.75. The summed E-state index contributed by atoms with van der Waals surface area (Å²) in [6.45, 7) is 7.90. The molecule has 0 aromatic carbocycles. The Bertz CT molecular complexity index is 273. The van der Waals surface area contributed by atoms with Gasteiger partial charge >= 0.3 is 0 Å². The van der Waals surface area contributed by atoms with E-state index < -0.39 is 0 Å². The molecule has 2 atom stereocenters. The first-order valence-corrected chi connectivity index (χ1v) is 7.49. The van der Waals surface area contributed by atoms with Crippen molar-refractivity contribution in [2.45, 2.75) is 52.0 Å². The molecule has 16 heavy (non-hydrogen) atoms. The number of hydrogen-bond donors (Lipinski definition) is 1. The molecule has 2 aliphatic rings. The first-order chi connectivity index (χ1) is 7.55. The van der Waals surface area contributed by atoms with Gasteiger partial charge in [0.15, 0.2) is 5.17 Å². The van der Waals surface area contributed by atoms with Gasteiger partial charge in [-0.15, -0.1) is 0 Å². The van der Waals surface area contributed by atoms with E-state index in [9.17, 15) is 0 Å². The van der Waals surface area contributed by atoms with Crippen LogP contribution >= 0.6 is 11.8 Å². The van der Waals surface area contributed by atoms with Crippen LogP contribution in [-0.4, -0.2) is 23.0 Å². The van der Waals surface area contributed by atoms with E-state index in [4.69, 9.17) is 4.99 Å². The topological polar surface area (TPSA) is 24.4 Å². The van der Waals surface area contributed by atoms with Gasteiger partial charge in [-0.3, -0.25) is 4.99 Å². The van der Waals surface area contributed by atoms with Gasteiger partial charge in [0.2, 0.25) is 0 Å². The maximum absolute atomic E-state index is 4.75. The molecule has 0 bridgehead atoms. The third-order valence-corrected chi connectivity index (χ3v) is 4.92. The van der Waals surface area contributed by atoms with E-state index >= 15 is 0 Å². The molecule has 0 aromatic heterocycles. The molecule has 2 fully saturated rings. The average Bonchev–Trinajstić information content (AvgIpc) is 2.56. The van der Waals surface area contributed by atoms with Crippen molar-refractivity contribution in [1.29, 1.82) is 0 Å². The summed E-state index contributed by atoms with van der Waals surface area (Å²) in [5, 5.41) is 4.66. The predicted molar refractivity (Wildman–Crippen MR) is 73.1 cm³/mol. The van der Waals surface area contributed by atoms with Crippen LogP contribution in [0.5, 0.6) is 0 Å². The van der Waals surface area contributed by atoms with Crippen molar-refractivity contribution in [1.82, 2.24) is 5.32 Å². The highest BCUT2D eigenvalue weighted by Crippen LogP contribution is 2.29. The molecule has 1 heterocycles. The van der Waals surface area contributed by atoms with E-state index in [-0.39, 0.29) is 5.54 Å². The lowest BCUT2D eigenvalue weighted by Crippen LogP contribution is -2.37. The van der Waals surface area contributed by atoms with Crippen molar-refractivity contribution < 1.29 is 0 Å². The molecule has 0 aromatic rings. The zero-order chi connectivity index (χ0) is 11.6. The Morgan fingerprint density at radius 2 is 2.25 bits per heavy atom. The molecule has 1 N–H and O–H groups in total. The van der Waals surface area contributed by atoms with E-state index in [2.05, 4.69) is 26.1 Å². The van der Waals surface area contributed by atoms with Crippen molar-refractivity contribution in [3.63, 3.8) is 0 Å². The molecular formula is C13H24N2S. The van der Waals surface area contributed by atoms with Gasteiger partial charge in [-0.25, -0.2) is 0 Å². The number of aliphatic imine (C=N–C) groups is 1. The molecule has 1 saturated carbocycles. The van der Waals surface area contributed by atoms with Gasteiger partial charge in [-0.1, -0.05) is 31.5 Å². The van der Waals surface area contributed by atoms with Crippen LogP contribution in [0.4, 0.5) is 0 Å². The fourth-order valence-corrected chi connectivity index (χ4v) is 3.72. The van der Waals surface area contributed by atoms with Crippen LogP contribution in [0.3, 0.4) is 0 Å². The fourth-order valence-electron chi connectivity index (χ4n) is 2.63. The fraction of sp³-hybridized carbons (Fsp3) is 0.923. The number of amidine groups is 1. The number of nitrogens with zero attached hydrogens (tertiary/aromatic N) is 1. The second kappa shape index (κ2) is 4.99. The minimum atomic E-state index is 0.239. The summed E-state index contributed by atoms with van der Waals surface area (Å²) in [6, 6.07) is 0. The van der Waals surface area contributed by atoms with Gasteiger partial charge in [0.25, 0.3) is 0 Å². The highest BCUT2D eigenvalue weighted by molar-refractivity contribution is 8.14. The van der Waals surface area contributed by atoms with Gasteiger partial charge in [-0.2, -0.15) is 0 Å². The van der Waals surface area contributed by atoms with Crippen molar-refractivity contribution in [2.24, 2.45) is 16.8 Å². The lowest BCUT2D eigenvalue weighted by atomic mass is 9.82. The average molecular weight is 240 g/mol. The highest BCUT2D eigenvalue weighted by atomic mass is 32.2.